The summed E-state index contributed by atoms with van der Waals surface area (Å²) in [7, 11) is 0. The van der Waals surface area contributed by atoms with Gasteiger partial charge in [0.05, 0.1) is 12.8 Å². The molecule has 0 unspecified atom stereocenters. The van der Waals surface area contributed by atoms with Gasteiger partial charge in [0.25, 0.3) is 0 Å². The maximum Gasteiger partial charge on any atom is 0.408 e. The van der Waals surface area contributed by atoms with Crippen LogP contribution in [0.2, 0.25) is 0 Å². The van der Waals surface area contributed by atoms with Crippen molar-refractivity contribution in [3.8, 4) is 0 Å². The lowest BCUT2D eigenvalue weighted by Gasteiger charge is -2.38. The highest BCUT2D eigenvalue weighted by Gasteiger charge is 2.43. The number of para-hydroxylation sites is 1. The van der Waals surface area contributed by atoms with E-state index in [9.17, 15) is 14.7 Å². The summed E-state index contributed by atoms with van der Waals surface area (Å²) < 4.78 is 5.39. The molecule has 0 radical (unpaired) electrons. The van der Waals surface area contributed by atoms with Crippen LogP contribution in [0.5, 0.6) is 0 Å². The maximum atomic E-state index is 13.5. The Balaban J connectivity index is 1.62. The number of aromatic nitrogens is 1. The van der Waals surface area contributed by atoms with E-state index in [4.69, 9.17) is 4.42 Å². The number of benzene rings is 2. The number of nitrogens with one attached hydrogen (secondary N) is 2. The first kappa shape index (κ1) is 22.2. The molecule has 0 saturated carbocycles. The Kier molecular flexibility index (Phi) is 6.49. The first-order chi connectivity index (χ1) is 16.0. The van der Waals surface area contributed by atoms with E-state index in [1.54, 1.807) is 19.1 Å². The molecular formula is C26H27N3O4. The molecule has 2 heterocycles. The van der Waals surface area contributed by atoms with Gasteiger partial charge >= 0.3 is 6.09 Å². The lowest BCUT2D eigenvalue weighted by atomic mass is 9.89. The molecule has 4 aromatic rings. The molecule has 0 aliphatic carbocycles. The van der Waals surface area contributed by atoms with Gasteiger partial charge in [-0.2, -0.15) is 0 Å². The monoisotopic (exact) mass is 445 g/mol. The molecule has 0 aliphatic rings. The number of H-pyrrole nitrogens is 1. The Hall–Kier alpha value is -4.00. The first-order valence-corrected chi connectivity index (χ1v) is 10.9. The van der Waals surface area contributed by atoms with Crippen LogP contribution in [0.3, 0.4) is 0 Å². The van der Waals surface area contributed by atoms with Crippen LogP contribution in [-0.2, 0) is 24.2 Å². The van der Waals surface area contributed by atoms with Crippen molar-refractivity contribution in [3.63, 3.8) is 0 Å². The van der Waals surface area contributed by atoms with Gasteiger partial charge in [0, 0.05) is 30.1 Å². The van der Waals surface area contributed by atoms with Crippen LogP contribution in [0.15, 0.2) is 83.6 Å². The van der Waals surface area contributed by atoms with E-state index in [-0.39, 0.29) is 18.9 Å². The van der Waals surface area contributed by atoms with Crippen LogP contribution in [0.25, 0.3) is 10.9 Å². The van der Waals surface area contributed by atoms with Crippen molar-refractivity contribution in [2.24, 2.45) is 0 Å². The molecule has 7 nitrogen and oxygen atoms in total. The zero-order valence-electron chi connectivity index (χ0n) is 18.5. The Morgan fingerprint density at radius 1 is 1.06 bits per heavy atom. The molecule has 0 fully saturated rings. The van der Waals surface area contributed by atoms with Gasteiger partial charge < -0.3 is 19.8 Å². The lowest BCUT2D eigenvalue weighted by Crippen LogP contribution is -2.59. The van der Waals surface area contributed by atoms with E-state index < -0.39 is 11.6 Å². The van der Waals surface area contributed by atoms with Crippen molar-refractivity contribution < 1.29 is 19.1 Å². The van der Waals surface area contributed by atoms with Crippen LogP contribution in [0.4, 0.5) is 4.79 Å². The normalized spacial score (nSPS) is 12.9. The third-order valence-corrected chi connectivity index (χ3v) is 5.96. The Labute approximate surface area is 192 Å². The molecule has 4 rings (SSSR count). The van der Waals surface area contributed by atoms with Gasteiger partial charge in [-0.05, 0) is 42.7 Å². The van der Waals surface area contributed by atoms with Gasteiger partial charge in [-0.25, -0.2) is 4.79 Å². The van der Waals surface area contributed by atoms with E-state index in [0.29, 0.717) is 18.7 Å². The molecule has 1 atom stereocenters. The summed E-state index contributed by atoms with van der Waals surface area (Å²) in [5, 5.41) is 14.0. The lowest BCUT2D eigenvalue weighted by molar-refractivity contribution is -0.132. The highest BCUT2D eigenvalue weighted by atomic mass is 16.4. The number of hydrogen-bond donors (Lipinski definition) is 3. The van der Waals surface area contributed by atoms with Crippen molar-refractivity contribution in [1.82, 2.24) is 15.2 Å². The van der Waals surface area contributed by atoms with Gasteiger partial charge in [-0.1, -0.05) is 48.5 Å². The number of furan rings is 1. The molecular weight excluding hydrogens is 418 g/mol. The summed E-state index contributed by atoms with van der Waals surface area (Å²) in [6.07, 6.45) is 3.01. The molecule has 7 heteroatoms. The van der Waals surface area contributed by atoms with E-state index in [0.717, 1.165) is 26.9 Å². The fourth-order valence-electron chi connectivity index (χ4n) is 4.11. The predicted octanol–water partition coefficient (Wildman–Crippen LogP) is 4.60. The third-order valence-electron chi connectivity index (χ3n) is 5.96. The number of carboxylic acid groups (broad SMARTS) is 1. The van der Waals surface area contributed by atoms with E-state index >= 15 is 0 Å². The number of carbonyl (C=O) groups excluding carboxylic acids is 1. The second-order valence-electron chi connectivity index (χ2n) is 8.25. The topological polar surface area (TPSA) is 98.6 Å². The first-order valence-electron chi connectivity index (χ1n) is 10.9. The van der Waals surface area contributed by atoms with Gasteiger partial charge in [0.15, 0.2) is 0 Å². The van der Waals surface area contributed by atoms with Crippen molar-refractivity contribution >= 4 is 22.9 Å². The number of carbonyl (C=O) groups is 2. The molecule has 3 N–H and O–H groups in total. The average molecular weight is 446 g/mol. The minimum atomic E-state index is -1.36. The molecule has 0 aliphatic heterocycles. The van der Waals surface area contributed by atoms with Gasteiger partial charge in [0.1, 0.15) is 11.3 Å². The fraction of sp³-hybridized carbons (Fsp3) is 0.231. The second kappa shape index (κ2) is 9.65. The predicted molar refractivity (Wildman–Crippen MR) is 126 cm³/mol. The Bertz CT molecular complexity index is 1220. The molecule has 33 heavy (non-hydrogen) atoms. The standard InChI is InChI=1S/C26H27N3O4/c1-26(29(25(31)32)18-21-10-7-15-33-21,16-20-17-28-23-12-6-5-11-22(20)23)24(30)27-14-13-19-8-3-2-4-9-19/h2-12,15,17,28H,13-14,16,18H2,1H3,(H,27,30)(H,31,32)/t26-/m1/s1. The summed E-state index contributed by atoms with van der Waals surface area (Å²) in [5.74, 6) is 0.123. The second-order valence-corrected chi connectivity index (χ2v) is 8.25. The minimum absolute atomic E-state index is 0.0344. The zero-order valence-corrected chi connectivity index (χ0v) is 18.5. The van der Waals surface area contributed by atoms with Crippen molar-refractivity contribution in [2.45, 2.75) is 31.8 Å². The SMILES string of the molecule is C[C@@](Cc1c[nH]c2ccccc12)(C(=O)NCCc1ccccc1)N(Cc1ccco1)C(=O)O. The number of rotatable bonds is 9. The minimum Gasteiger partial charge on any atom is -0.467 e. The Morgan fingerprint density at radius 3 is 2.55 bits per heavy atom. The highest BCUT2D eigenvalue weighted by Crippen LogP contribution is 2.28. The molecule has 0 bridgehead atoms. The van der Waals surface area contributed by atoms with Crippen molar-refractivity contribution in [2.75, 3.05) is 6.54 Å². The summed E-state index contributed by atoms with van der Waals surface area (Å²) in [4.78, 5) is 30.3. The van der Waals surface area contributed by atoms with Crippen LogP contribution >= 0.6 is 0 Å². The van der Waals surface area contributed by atoms with Crippen molar-refractivity contribution in [1.29, 1.82) is 0 Å². The zero-order chi connectivity index (χ0) is 23.3. The van der Waals surface area contributed by atoms with Crippen LogP contribution in [0.1, 0.15) is 23.8 Å². The van der Waals surface area contributed by atoms with E-state index in [1.807, 2.05) is 60.8 Å². The summed E-state index contributed by atoms with van der Waals surface area (Å²) in [6.45, 7) is 2.04. The number of fused-ring (bicyclic) bond motifs is 1. The summed E-state index contributed by atoms with van der Waals surface area (Å²) >= 11 is 0. The number of amides is 2. The van der Waals surface area contributed by atoms with E-state index in [1.165, 1.54) is 6.26 Å². The number of hydrogen-bond acceptors (Lipinski definition) is 3. The average Bonchev–Trinajstić information content (AvgIpc) is 3.48. The molecule has 0 spiro atoms. The highest BCUT2D eigenvalue weighted by molar-refractivity contribution is 5.91. The van der Waals surface area contributed by atoms with Crippen LogP contribution in [-0.4, -0.2) is 39.1 Å². The van der Waals surface area contributed by atoms with E-state index in [2.05, 4.69) is 10.3 Å². The summed E-state index contributed by atoms with van der Waals surface area (Å²) in [5.41, 5.74) is 1.55. The van der Waals surface area contributed by atoms with Gasteiger partial charge in [-0.3, -0.25) is 9.69 Å². The number of aromatic amines is 1. The third kappa shape index (κ3) is 4.92. The number of nitrogens with zero attached hydrogens (tertiary/aromatic N) is 1. The quantitative estimate of drug-likeness (QED) is 0.351. The molecule has 0 saturated heterocycles. The smallest absolute Gasteiger partial charge is 0.408 e. The van der Waals surface area contributed by atoms with Crippen LogP contribution < -0.4 is 5.32 Å². The molecule has 170 valence electrons. The Morgan fingerprint density at radius 2 is 1.82 bits per heavy atom. The molecule has 2 aromatic carbocycles. The summed E-state index contributed by atoms with van der Waals surface area (Å²) in [6, 6.07) is 21.0. The largest absolute Gasteiger partial charge is 0.467 e. The fourth-order valence-corrected chi connectivity index (χ4v) is 4.11. The van der Waals surface area contributed by atoms with Crippen molar-refractivity contribution in [3.05, 3.63) is 96.1 Å². The molecule has 2 aromatic heterocycles. The molecule has 2 amide bonds. The van der Waals surface area contributed by atoms with Gasteiger partial charge in [-0.15, -0.1) is 0 Å². The maximum absolute atomic E-state index is 13.5. The van der Waals surface area contributed by atoms with Crippen LogP contribution in [0, 0.1) is 0 Å². The van der Waals surface area contributed by atoms with Gasteiger partial charge in [0.2, 0.25) is 5.91 Å².